The maximum absolute atomic E-state index is 12.2. The van der Waals surface area contributed by atoms with E-state index >= 15 is 0 Å². The Labute approximate surface area is 128 Å². The van der Waals surface area contributed by atoms with Gasteiger partial charge >= 0.3 is 0 Å². The Balaban J connectivity index is 2.52. The van der Waals surface area contributed by atoms with Crippen molar-refractivity contribution < 1.29 is 14.7 Å². The van der Waals surface area contributed by atoms with Crippen LogP contribution in [0.1, 0.15) is 53.9 Å². The molecule has 2 amide bonds. The van der Waals surface area contributed by atoms with Crippen molar-refractivity contribution >= 4 is 11.8 Å². The maximum atomic E-state index is 12.2. The second kappa shape index (κ2) is 7.25. The molecule has 3 unspecified atom stereocenters. The lowest BCUT2D eigenvalue weighted by Gasteiger charge is -2.28. The predicted molar refractivity (Wildman–Crippen MR) is 82.7 cm³/mol. The molecule has 0 spiro atoms. The van der Waals surface area contributed by atoms with E-state index in [1.54, 1.807) is 6.92 Å². The zero-order chi connectivity index (χ0) is 16.2. The molecule has 0 aromatic carbocycles. The fourth-order valence-electron chi connectivity index (χ4n) is 2.52. The Bertz CT molecular complexity index is 380. The summed E-state index contributed by atoms with van der Waals surface area (Å²) < 4.78 is 0. The number of amides is 2. The van der Waals surface area contributed by atoms with Crippen LogP contribution in [0.4, 0.5) is 0 Å². The van der Waals surface area contributed by atoms with Gasteiger partial charge in [-0.3, -0.25) is 9.59 Å². The van der Waals surface area contributed by atoms with E-state index in [1.165, 1.54) is 0 Å². The van der Waals surface area contributed by atoms with Crippen molar-refractivity contribution in [1.82, 2.24) is 10.2 Å². The SMILES string of the molecule is CCCC(C)N1CC(C(=O)NCC(C)(O)C(C)C)CC1=O. The van der Waals surface area contributed by atoms with Gasteiger partial charge in [-0.15, -0.1) is 0 Å². The quantitative estimate of drug-likeness (QED) is 0.749. The number of nitrogens with zero attached hydrogens (tertiary/aromatic N) is 1. The van der Waals surface area contributed by atoms with Gasteiger partial charge in [-0.1, -0.05) is 27.2 Å². The third-order valence-corrected chi connectivity index (χ3v) is 4.63. The first-order valence-electron chi connectivity index (χ1n) is 7.98. The normalized spacial score (nSPS) is 23.3. The maximum Gasteiger partial charge on any atom is 0.225 e. The third-order valence-electron chi connectivity index (χ3n) is 4.63. The van der Waals surface area contributed by atoms with Gasteiger partial charge < -0.3 is 15.3 Å². The summed E-state index contributed by atoms with van der Waals surface area (Å²) in [6.07, 6.45) is 2.27. The zero-order valence-corrected chi connectivity index (χ0v) is 14.0. The highest BCUT2D eigenvalue weighted by Gasteiger charge is 2.37. The number of nitrogens with one attached hydrogen (secondary N) is 1. The van der Waals surface area contributed by atoms with Gasteiger partial charge in [0.2, 0.25) is 11.8 Å². The Morgan fingerprint density at radius 1 is 1.48 bits per heavy atom. The Morgan fingerprint density at radius 3 is 2.62 bits per heavy atom. The van der Waals surface area contributed by atoms with Crippen molar-refractivity contribution in [2.45, 2.75) is 65.5 Å². The summed E-state index contributed by atoms with van der Waals surface area (Å²) >= 11 is 0. The summed E-state index contributed by atoms with van der Waals surface area (Å²) in [6, 6.07) is 0.194. The second-order valence-corrected chi connectivity index (χ2v) is 6.81. The molecule has 21 heavy (non-hydrogen) atoms. The van der Waals surface area contributed by atoms with E-state index < -0.39 is 5.60 Å². The zero-order valence-electron chi connectivity index (χ0n) is 14.0. The molecule has 1 fully saturated rings. The van der Waals surface area contributed by atoms with Crippen molar-refractivity contribution in [3.05, 3.63) is 0 Å². The van der Waals surface area contributed by atoms with Gasteiger partial charge in [0, 0.05) is 25.6 Å². The van der Waals surface area contributed by atoms with Gasteiger partial charge in [-0.05, 0) is 26.2 Å². The number of hydrogen-bond donors (Lipinski definition) is 2. The molecule has 1 saturated heterocycles. The van der Waals surface area contributed by atoms with Crippen LogP contribution in [-0.4, -0.2) is 46.6 Å². The van der Waals surface area contributed by atoms with E-state index in [9.17, 15) is 14.7 Å². The molecule has 0 aliphatic carbocycles. The van der Waals surface area contributed by atoms with Gasteiger partial charge in [0.05, 0.1) is 11.5 Å². The van der Waals surface area contributed by atoms with E-state index in [-0.39, 0.29) is 42.7 Å². The minimum atomic E-state index is -0.923. The topological polar surface area (TPSA) is 69.6 Å². The first kappa shape index (κ1) is 18.0. The first-order valence-corrected chi connectivity index (χ1v) is 7.98. The molecule has 0 bridgehead atoms. The van der Waals surface area contributed by atoms with Crippen LogP contribution in [0.3, 0.4) is 0 Å². The van der Waals surface area contributed by atoms with Crippen LogP contribution < -0.4 is 5.32 Å². The van der Waals surface area contributed by atoms with Crippen LogP contribution in [0.5, 0.6) is 0 Å². The molecule has 1 aliphatic heterocycles. The van der Waals surface area contributed by atoms with E-state index in [1.807, 2.05) is 25.7 Å². The van der Waals surface area contributed by atoms with Gasteiger partial charge in [0.25, 0.3) is 0 Å². The lowest BCUT2D eigenvalue weighted by Crippen LogP contribution is -2.46. The Hall–Kier alpha value is -1.10. The van der Waals surface area contributed by atoms with E-state index in [0.29, 0.717) is 6.54 Å². The Kier molecular flexibility index (Phi) is 6.20. The molecule has 5 nitrogen and oxygen atoms in total. The molecule has 0 aromatic rings. The smallest absolute Gasteiger partial charge is 0.225 e. The average Bonchev–Trinajstić information content (AvgIpc) is 2.78. The van der Waals surface area contributed by atoms with Gasteiger partial charge in [0.15, 0.2) is 0 Å². The molecular formula is C16H30N2O3. The van der Waals surface area contributed by atoms with Crippen molar-refractivity contribution in [3.8, 4) is 0 Å². The Morgan fingerprint density at radius 2 is 2.10 bits per heavy atom. The van der Waals surface area contributed by atoms with Crippen molar-refractivity contribution in [1.29, 1.82) is 0 Å². The van der Waals surface area contributed by atoms with E-state index in [0.717, 1.165) is 12.8 Å². The molecule has 1 heterocycles. The molecule has 2 N–H and O–H groups in total. The molecule has 0 saturated carbocycles. The molecule has 0 aromatic heterocycles. The van der Waals surface area contributed by atoms with E-state index in [2.05, 4.69) is 12.2 Å². The molecule has 3 atom stereocenters. The number of hydrogen-bond acceptors (Lipinski definition) is 3. The van der Waals surface area contributed by atoms with Crippen molar-refractivity contribution in [2.24, 2.45) is 11.8 Å². The number of rotatable bonds is 7. The van der Waals surface area contributed by atoms with Gasteiger partial charge in [0.1, 0.15) is 0 Å². The highest BCUT2D eigenvalue weighted by atomic mass is 16.3. The molecule has 5 heteroatoms. The van der Waals surface area contributed by atoms with Crippen LogP contribution >= 0.6 is 0 Å². The van der Waals surface area contributed by atoms with Crippen molar-refractivity contribution in [3.63, 3.8) is 0 Å². The highest BCUT2D eigenvalue weighted by Crippen LogP contribution is 2.22. The monoisotopic (exact) mass is 298 g/mol. The minimum Gasteiger partial charge on any atom is -0.388 e. The van der Waals surface area contributed by atoms with E-state index in [4.69, 9.17) is 0 Å². The lowest BCUT2D eigenvalue weighted by molar-refractivity contribution is -0.130. The fraction of sp³-hybridized carbons (Fsp3) is 0.875. The van der Waals surface area contributed by atoms with Crippen molar-refractivity contribution in [2.75, 3.05) is 13.1 Å². The summed E-state index contributed by atoms with van der Waals surface area (Å²) in [7, 11) is 0. The minimum absolute atomic E-state index is 0.0593. The predicted octanol–water partition coefficient (Wildman–Crippen LogP) is 1.55. The largest absolute Gasteiger partial charge is 0.388 e. The van der Waals surface area contributed by atoms with Crippen LogP contribution in [0.15, 0.2) is 0 Å². The standard InChI is InChI=1S/C16H30N2O3/c1-6-7-12(4)18-9-13(8-14(18)19)15(20)17-10-16(5,21)11(2)3/h11-13,21H,6-10H2,1-5H3,(H,17,20). The van der Waals surface area contributed by atoms with Gasteiger partial charge in [-0.25, -0.2) is 0 Å². The number of carbonyl (C=O) groups excluding carboxylic acids is 2. The van der Waals surface area contributed by atoms with Gasteiger partial charge in [-0.2, -0.15) is 0 Å². The fourth-order valence-corrected chi connectivity index (χ4v) is 2.52. The van der Waals surface area contributed by atoms with Crippen LogP contribution in [0.2, 0.25) is 0 Å². The first-order chi connectivity index (χ1) is 9.69. The molecule has 1 aliphatic rings. The van der Waals surface area contributed by atoms with Crippen LogP contribution in [0, 0.1) is 11.8 Å². The van der Waals surface area contributed by atoms with Crippen LogP contribution in [-0.2, 0) is 9.59 Å². The number of aliphatic hydroxyl groups is 1. The molecular weight excluding hydrogens is 268 g/mol. The molecule has 1 rings (SSSR count). The number of likely N-dealkylation sites (tertiary alicyclic amines) is 1. The summed E-state index contributed by atoms with van der Waals surface area (Å²) in [6.45, 7) is 10.4. The van der Waals surface area contributed by atoms with Crippen LogP contribution in [0.25, 0.3) is 0 Å². The average molecular weight is 298 g/mol. The second-order valence-electron chi connectivity index (χ2n) is 6.81. The highest BCUT2D eigenvalue weighted by molar-refractivity contribution is 5.89. The molecule has 122 valence electrons. The summed E-state index contributed by atoms with van der Waals surface area (Å²) in [5.41, 5.74) is -0.923. The number of carbonyl (C=O) groups is 2. The summed E-state index contributed by atoms with van der Waals surface area (Å²) in [4.78, 5) is 26.0. The summed E-state index contributed by atoms with van der Waals surface area (Å²) in [5.74, 6) is -0.300. The third kappa shape index (κ3) is 4.70. The summed E-state index contributed by atoms with van der Waals surface area (Å²) in [5, 5.41) is 12.9. The lowest BCUT2D eigenvalue weighted by atomic mass is 9.92. The molecule has 0 radical (unpaired) electrons.